The lowest BCUT2D eigenvalue weighted by Gasteiger charge is -1.99. The highest BCUT2D eigenvalue weighted by Gasteiger charge is 2.09. The first-order chi connectivity index (χ1) is 8.83. The van der Waals surface area contributed by atoms with Crippen molar-refractivity contribution in [3.05, 3.63) is 0 Å². The van der Waals surface area contributed by atoms with Gasteiger partial charge in [-0.1, -0.05) is 0 Å². The van der Waals surface area contributed by atoms with E-state index in [1.165, 1.54) is 14.2 Å². The third-order valence-electron chi connectivity index (χ3n) is 1.19. The van der Waals surface area contributed by atoms with Crippen LogP contribution in [0.25, 0.3) is 0 Å². The molecule has 0 amide bonds. The fourth-order valence-corrected chi connectivity index (χ4v) is 0.577. The minimum absolute atomic E-state index is 0.225. The Balaban J connectivity index is 0. The smallest absolute Gasteiger partial charge is 0.450 e. The summed E-state index contributed by atoms with van der Waals surface area (Å²) in [4.78, 5) is 29.1. The van der Waals surface area contributed by atoms with Crippen LogP contribution in [0.15, 0.2) is 0 Å². The van der Waals surface area contributed by atoms with Gasteiger partial charge in [-0.2, -0.15) is 0 Å². The van der Waals surface area contributed by atoms with Crippen LogP contribution < -0.4 is 0 Å². The van der Waals surface area contributed by atoms with Crippen molar-refractivity contribution in [3.8, 4) is 0 Å². The van der Waals surface area contributed by atoms with Crippen LogP contribution in [0.2, 0.25) is 0 Å². The molecule has 1 N–H and O–H groups in total. The number of rotatable bonds is 1. The quantitative estimate of drug-likeness (QED) is 0.565. The van der Waals surface area contributed by atoms with Crippen molar-refractivity contribution in [2.24, 2.45) is 0 Å². The maximum Gasteiger partial charge on any atom is 0.508 e. The molecule has 1 aliphatic heterocycles. The number of carbonyl (C=O) groups is 3. The molecule has 19 heavy (non-hydrogen) atoms. The van der Waals surface area contributed by atoms with E-state index in [4.69, 9.17) is 5.11 Å². The molecule has 0 aromatic carbocycles. The molecule has 0 saturated carbocycles. The summed E-state index contributed by atoms with van der Waals surface area (Å²) >= 11 is 0. The van der Waals surface area contributed by atoms with Crippen LogP contribution in [-0.4, -0.2) is 57.1 Å². The second-order valence-corrected chi connectivity index (χ2v) is 3.04. The van der Waals surface area contributed by atoms with E-state index in [1.807, 2.05) is 0 Å². The van der Waals surface area contributed by atoms with Crippen molar-refractivity contribution in [2.75, 3.05) is 27.4 Å². The van der Waals surface area contributed by atoms with Crippen molar-refractivity contribution < 1.29 is 43.2 Å². The molecular weight excluding hydrogens is 264 g/mol. The van der Waals surface area contributed by atoms with Gasteiger partial charge < -0.3 is 28.8 Å². The monoisotopic (exact) mass is 282 g/mol. The Morgan fingerprint density at radius 2 is 1.58 bits per heavy atom. The topological polar surface area (TPSA) is 118 Å². The van der Waals surface area contributed by atoms with Crippen molar-refractivity contribution in [1.82, 2.24) is 0 Å². The van der Waals surface area contributed by atoms with Crippen molar-refractivity contribution in [3.63, 3.8) is 0 Å². The predicted octanol–water partition coefficient (Wildman–Crippen LogP) is 1.64. The summed E-state index contributed by atoms with van der Waals surface area (Å²) in [6, 6.07) is 0. The number of ether oxygens (including phenoxy) is 5. The minimum Gasteiger partial charge on any atom is -0.450 e. The number of cyclic esters (lactones) is 2. The maximum absolute atomic E-state index is 9.80. The third kappa shape index (κ3) is 18.4. The van der Waals surface area contributed by atoms with Gasteiger partial charge in [0.25, 0.3) is 0 Å². The third-order valence-corrected chi connectivity index (χ3v) is 1.19. The average molecular weight is 282 g/mol. The van der Waals surface area contributed by atoms with Gasteiger partial charge in [-0.25, -0.2) is 14.4 Å². The van der Waals surface area contributed by atoms with Crippen molar-refractivity contribution in [1.29, 1.82) is 0 Å². The second kappa shape index (κ2) is 12.3. The molecule has 0 atom stereocenters. The first-order valence-electron chi connectivity index (χ1n) is 5.14. The molecule has 0 aromatic heterocycles. The van der Waals surface area contributed by atoms with E-state index in [1.54, 1.807) is 13.8 Å². The Morgan fingerprint density at radius 3 is 1.63 bits per heavy atom. The van der Waals surface area contributed by atoms with Crippen LogP contribution >= 0.6 is 0 Å². The molecule has 0 aromatic rings. The number of carbonyl (C=O) groups excluding carboxylic acids is 2. The molecule has 1 rings (SSSR count). The van der Waals surface area contributed by atoms with E-state index in [0.29, 0.717) is 13.2 Å². The molecular formula is C10H18O9. The van der Waals surface area contributed by atoms with Gasteiger partial charge in [0.1, 0.15) is 13.2 Å². The fraction of sp³-hybridized carbons (Fsp3) is 0.700. The molecule has 0 unspecified atom stereocenters. The highest BCUT2D eigenvalue weighted by molar-refractivity contribution is 5.61. The molecule has 1 heterocycles. The summed E-state index contributed by atoms with van der Waals surface area (Å²) in [6.45, 7) is 4.15. The van der Waals surface area contributed by atoms with Crippen LogP contribution in [0.5, 0.6) is 0 Å². The standard InChI is InChI=1S/C4H8O3.C3H4O3.C3H6O3/c1-3(2)7-4(5)6;4-3-5-1-2-6-3;1-5-3(4)6-2/h3H,1-2H3,(H,5,6);1-2H2;1-2H3. The summed E-state index contributed by atoms with van der Waals surface area (Å²) in [5.74, 6) is 0. The van der Waals surface area contributed by atoms with Gasteiger partial charge in [0.05, 0.1) is 20.3 Å². The largest absolute Gasteiger partial charge is 0.508 e. The van der Waals surface area contributed by atoms with Crippen molar-refractivity contribution >= 4 is 18.5 Å². The van der Waals surface area contributed by atoms with Gasteiger partial charge in [-0.3, -0.25) is 0 Å². The van der Waals surface area contributed by atoms with Crippen LogP contribution in [0.3, 0.4) is 0 Å². The van der Waals surface area contributed by atoms with Gasteiger partial charge in [0, 0.05) is 0 Å². The van der Waals surface area contributed by atoms with Gasteiger partial charge in [0.2, 0.25) is 0 Å². The lowest BCUT2D eigenvalue weighted by atomic mass is 10.5. The Bertz CT molecular complexity index is 258. The van der Waals surface area contributed by atoms with Gasteiger partial charge in [-0.05, 0) is 13.8 Å². The lowest BCUT2D eigenvalue weighted by molar-refractivity contribution is 0.0659. The van der Waals surface area contributed by atoms with E-state index in [-0.39, 0.29) is 6.10 Å². The SMILES string of the molecule is CC(C)OC(=O)O.COC(=O)OC.O=C1OCCO1. The van der Waals surface area contributed by atoms with E-state index in [2.05, 4.69) is 23.7 Å². The molecule has 0 spiro atoms. The van der Waals surface area contributed by atoms with Gasteiger partial charge >= 0.3 is 18.5 Å². The van der Waals surface area contributed by atoms with E-state index in [0.717, 1.165) is 0 Å². The van der Waals surface area contributed by atoms with E-state index >= 15 is 0 Å². The molecule has 9 nitrogen and oxygen atoms in total. The number of carboxylic acid groups (broad SMARTS) is 1. The maximum atomic E-state index is 9.80. The summed E-state index contributed by atoms with van der Waals surface area (Å²) in [6.07, 6.45) is -2.64. The second-order valence-electron chi connectivity index (χ2n) is 3.04. The van der Waals surface area contributed by atoms with Gasteiger partial charge in [-0.15, -0.1) is 0 Å². The summed E-state index contributed by atoms with van der Waals surface area (Å²) < 4.78 is 20.8. The summed E-state index contributed by atoms with van der Waals surface area (Å²) in [5, 5.41) is 7.86. The molecule has 0 aliphatic carbocycles. The molecule has 9 heteroatoms. The van der Waals surface area contributed by atoms with Crippen LogP contribution in [0.4, 0.5) is 14.4 Å². The Labute approximate surface area is 110 Å². The van der Waals surface area contributed by atoms with Gasteiger partial charge in [0.15, 0.2) is 0 Å². The fourth-order valence-electron chi connectivity index (χ4n) is 0.577. The highest BCUT2D eigenvalue weighted by atomic mass is 16.8. The zero-order chi connectivity index (χ0) is 15.3. The Hall–Kier alpha value is -2.19. The Morgan fingerprint density at radius 1 is 1.16 bits per heavy atom. The average Bonchev–Trinajstić information content (AvgIpc) is 2.79. The first-order valence-corrected chi connectivity index (χ1v) is 5.14. The predicted molar refractivity (Wildman–Crippen MR) is 61.0 cm³/mol. The summed E-state index contributed by atoms with van der Waals surface area (Å²) in [5.41, 5.74) is 0. The molecule has 112 valence electrons. The molecule has 0 bridgehead atoms. The number of methoxy groups -OCH3 is 2. The summed E-state index contributed by atoms with van der Waals surface area (Å²) in [7, 11) is 2.51. The van der Waals surface area contributed by atoms with Crippen LogP contribution in [-0.2, 0) is 23.7 Å². The molecule has 0 radical (unpaired) electrons. The normalized spacial score (nSPS) is 11.7. The van der Waals surface area contributed by atoms with Crippen LogP contribution in [0, 0.1) is 0 Å². The van der Waals surface area contributed by atoms with Crippen LogP contribution in [0.1, 0.15) is 13.8 Å². The zero-order valence-corrected chi connectivity index (χ0v) is 11.2. The highest BCUT2D eigenvalue weighted by Crippen LogP contribution is 1.92. The molecule has 1 fully saturated rings. The number of hydrogen-bond donors (Lipinski definition) is 1. The lowest BCUT2D eigenvalue weighted by Crippen LogP contribution is -2.07. The molecule has 1 aliphatic rings. The van der Waals surface area contributed by atoms with E-state index < -0.39 is 18.5 Å². The Kier molecular flexibility index (Phi) is 12.4. The minimum atomic E-state index is -1.21. The zero-order valence-electron chi connectivity index (χ0n) is 11.2. The van der Waals surface area contributed by atoms with E-state index in [9.17, 15) is 14.4 Å². The molecule has 1 saturated heterocycles. The first kappa shape index (κ1) is 19.2. The van der Waals surface area contributed by atoms with Crippen molar-refractivity contribution in [2.45, 2.75) is 20.0 Å². The number of hydrogen-bond acceptors (Lipinski definition) is 8.